The molecule has 2 rings (SSSR count). The molecule has 0 saturated heterocycles. The van der Waals surface area contributed by atoms with E-state index in [0.29, 0.717) is 16.8 Å². The van der Waals surface area contributed by atoms with Crippen molar-refractivity contribution in [3.05, 3.63) is 16.9 Å². The summed E-state index contributed by atoms with van der Waals surface area (Å²) in [5, 5.41) is 21.4. The second-order valence-electron chi connectivity index (χ2n) is 4.42. The minimum Gasteiger partial charge on any atom is -0.393 e. The van der Waals surface area contributed by atoms with Gasteiger partial charge in [0.2, 0.25) is 0 Å². The molecule has 0 fully saturated rings. The van der Waals surface area contributed by atoms with Crippen molar-refractivity contribution in [3.63, 3.8) is 0 Å². The Labute approximate surface area is 131 Å². The van der Waals surface area contributed by atoms with Crippen molar-refractivity contribution in [2.45, 2.75) is 13.8 Å². The average Bonchev–Trinajstić information content (AvgIpc) is 2.79. The molecule has 0 aliphatic heterocycles. The monoisotopic (exact) mass is 314 g/mol. The average molecular weight is 314 g/mol. The van der Waals surface area contributed by atoms with Crippen LogP contribution in [-0.2, 0) is 0 Å². The maximum Gasteiger partial charge on any atom is 0.188 e. The normalized spacial score (nSPS) is 9.82. The van der Waals surface area contributed by atoms with Crippen LogP contribution in [0.5, 0.6) is 0 Å². The lowest BCUT2D eigenvalue weighted by Gasteiger charge is -2.19. The van der Waals surface area contributed by atoms with Gasteiger partial charge in [0.25, 0.3) is 0 Å². The molecular weight excluding hydrogens is 300 g/mol. The molecule has 2 aromatic rings. The summed E-state index contributed by atoms with van der Waals surface area (Å²) in [7, 11) is 0. The van der Waals surface area contributed by atoms with E-state index in [0.717, 1.165) is 10.6 Å². The number of anilines is 4. The van der Waals surface area contributed by atoms with Gasteiger partial charge in [0.1, 0.15) is 25.1 Å². The largest absolute Gasteiger partial charge is 0.393 e. The van der Waals surface area contributed by atoms with E-state index in [1.165, 1.54) is 22.6 Å². The number of hydrogen-bond acceptors (Lipinski definition) is 9. The molecule has 22 heavy (non-hydrogen) atoms. The SMILES string of the molecule is Cc1nc(Nc2ncnc(N(CC#N)CC#N)c2N)sc1C. The van der Waals surface area contributed by atoms with Crippen molar-refractivity contribution in [1.82, 2.24) is 15.0 Å². The second-order valence-corrected chi connectivity index (χ2v) is 5.62. The van der Waals surface area contributed by atoms with Gasteiger partial charge in [-0.15, -0.1) is 11.3 Å². The number of aryl methyl sites for hydroxylation is 2. The molecule has 0 spiro atoms. The zero-order valence-electron chi connectivity index (χ0n) is 12.2. The predicted molar refractivity (Wildman–Crippen MR) is 84.8 cm³/mol. The third-order valence-corrected chi connectivity index (χ3v) is 3.93. The molecular formula is C13H14N8S. The lowest BCUT2D eigenvalue weighted by atomic mass is 10.3. The van der Waals surface area contributed by atoms with Gasteiger partial charge in [0.05, 0.1) is 17.8 Å². The van der Waals surface area contributed by atoms with Crippen LogP contribution in [-0.4, -0.2) is 28.0 Å². The van der Waals surface area contributed by atoms with E-state index < -0.39 is 0 Å². The van der Waals surface area contributed by atoms with Gasteiger partial charge in [-0.05, 0) is 13.8 Å². The highest BCUT2D eigenvalue weighted by atomic mass is 32.1. The summed E-state index contributed by atoms with van der Waals surface area (Å²) < 4.78 is 0. The van der Waals surface area contributed by atoms with E-state index in [1.807, 2.05) is 26.0 Å². The zero-order chi connectivity index (χ0) is 16.1. The number of nitrogens with two attached hydrogens (primary N) is 1. The lowest BCUT2D eigenvalue weighted by molar-refractivity contribution is 0.929. The summed E-state index contributed by atoms with van der Waals surface area (Å²) in [4.78, 5) is 15.1. The molecule has 112 valence electrons. The van der Waals surface area contributed by atoms with Gasteiger partial charge in [-0.25, -0.2) is 15.0 Å². The van der Waals surface area contributed by atoms with Crippen LogP contribution in [0.2, 0.25) is 0 Å². The van der Waals surface area contributed by atoms with Crippen molar-refractivity contribution in [2.75, 3.05) is 29.0 Å². The second kappa shape index (κ2) is 6.70. The van der Waals surface area contributed by atoms with Crippen LogP contribution >= 0.6 is 11.3 Å². The molecule has 0 unspecified atom stereocenters. The molecule has 2 heterocycles. The topological polar surface area (TPSA) is 128 Å². The Hall–Kier alpha value is -2.91. The van der Waals surface area contributed by atoms with Gasteiger partial charge in [0.15, 0.2) is 16.8 Å². The number of nitrogens with zero attached hydrogens (tertiary/aromatic N) is 6. The third-order valence-electron chi connectivity index (χ3n) is 2.94. The summed E-state index contributed by atoms with van der Waals surface area (Å²) in [5.74, 6) is 0.755. The number of thiazole rings is 1. The Bertz CT molecular complexity index is 719. The molecule has 2 aromatic heterocycles. The fourth-order valence-corrected chi connectivity index (χ4v) is 2.56. The predicted octanol–water partition coefficient (Wildman–Crippen LogP) is 1.73. The fraction of sp³-hybridized carbons (Fsp3) is 0.308. The standard InChI is InChI=1S/C13H14N8S/c1-8-9(2)22-13(19-8)20-11-10(16)12(18-7-17-11)21(5-3-14)6-4-15/h7H,5-6,16H2,1-2H3,(H,17,18,19,20). The minimum absolute atomic E-state index is 0.0175. The van der Waals surface area contributed by atoms with Gasteiger partial charge < -0.3 is 16.0 Å². The highest BCUT2D eigenvalue weighted by Gasteiger charge is 2.16. The van der Waals surface area contributed by atoms with E-state index in [9.17, 15) is 0 Å². The molecule has 9 heteroatoms. The Balaban J connectivity index is 2.32. The maximum atomic E-state index is 8.84. The first-order valence-electron chi connectivity index (χ1n) is 6.37. The van der Waals surface area contributed by atoms with Crippen molar-refractivity contribution >= 4 is 33.8 Å². The number of nitrogens with one attached hydrogen (secondary N) is 1. The Morgan fingerprint density at radius 2 is 1.95 bits per heavy atom. The summed E-state index contributed by atoms with van der Waals surface area (Å²) >= 11 is 1.50. The molecule has 0 aliphatic rings. The van der Waals surface area contributed by atoms with Crippen molar-refractivity contribution in [1.29, 1.82) is 10.5 Å². The molecule has 8 nitrogen and oxygen atoms in total. The van der Waals surface area contributed by atoms with E-state index >= 15 is 0 Å². The maximum absolute atomic E-state index is 8.84. The Morgan fingerprint density at radius 3 is 2.50 bits per heavy atom. The zero-order valence-corrected chi connectivity index (χ0v) is 13.0. The molecule has 3 N–H and O–H groups in total. The third kappa shape index (κ3) is 3.22. The quantitative estimate of drug-likeness (QED) is 0.798. The van der Waals surface area contributed by atoms with E-state index in [2.05, 4.69) is 20.3 Å². The van der Waals surface area contributed by atoms with Gasteiger partial charge in [-0.3, -0.25) is 0 Å². The van der Waals surface area contributed by atoms with Crippen LogP contribution in [0.15, 0.2) is 6.33 Å². The molecule has 0 aromatic carbocycles. The smallest absolute Gasteiger partial charge is 0.188 e. The van der Waals surface area contributed by atoms with E-state index in [1.54, 1.807) is 0 Å². The van der Waals surface area contributed by atoms with Gasteiger partial charge in [0, 0.05) is 4.88 Å². The number of nitrogen functional groups attached to an aromatic ring is 1. The van der Waals surface area contributed by atoms with Crippen LogP contribution < -0.4 is 16.0 Å². The first-order valence-corrected chi connectivity index (χ1v) is 7.18. The first-order chi connectivity index (χ1) is 10.6. The highest BCUT2D eigenvalue weighted by molar-refractivity contribution is 7.15. The molecule has 0 atom stereocenters. The number of nitriles is 2. The summed E-state index contributed by atoms with van der Waals surface area (Å²) in [5.41, 5.74) is 7.28. The van der Waals surface area contributed by atoms with Crippen molar-refractivity contribution in [2.24, 2.45) is 0 Å². The summed E-state index contributed by atoms with van der Waals surface area (Å²) in [6.45, 7) is 3.94. The molecule has 0 amide bonds. The van der Waals surface area contributed by atoms with Crippen LogP contribution in [0.4, 0.5) is 22.5 Å². The lowest BCUT2D eigenvalue weighted by Crippen LogP contribution is -2.26. The van der Waals surface area contributed by atoms with Crippen LogP contribution in [0.1, 0.15) is 10.6 Å². The van der Waals surface area contributed by atoms with Crippen molar-refractivity contribution in [3.8, 4) is 12.1 Å². The molecule has 0 bridgehead atoms. The van der Waals surface area contributed by atoms with E-state index in [4.69, 9.17) is 16.3 Å². The highest BCUT2D eigenvalue weighted by Crippen LogP contribution is 2.30. The number of hydrogen-bond donors (Lipinski definition) is 2. The fourth-order valence-electron chi connectivity index (χ4n) is 1.74. The number of aromatic nitrogens is 3. The summed E-state index contributed by atoms with van der Waals surface area (Å²) in [6, 6.07) is 3.97. The van der Waals surface area contributed by atoms with E-state index in [-0.39, 0.29) is 18.8 Å². The first kappa shape index (κ1) is 15.5. The van der Waals surface area contributed by atoms with Crippen LogP contribution in [0, 0.1) is 36.5 Å². The van der Waals surface area contributed by atoms with Crippen LogP contribution in [0.25, 0.3) is 0 Å². The van der Waals surface area contributed by atoms with Crippen LogP contribution in [0.3, 0.4) is 0 Å². The van der Waals surface area contributed by atoms with Gasteiger partial charge >= 0.3 is 0 Å². The molecule has 0 aliphatic carbocycles. The number of rotatable bonds is 5. The van der Waals surface area contributed by atoms with Gasteiger partial charge in [-0.1, -0.05) is 0 Å². The molecule has 0 saturated carbocycles. The summed E-state index contributed by atoms with van der Waals surface area (Å²) in [6.07, 6.45) is 1.34. The Kier molecular flexibility index (Phi) is 4.71. The van der Waals surface area contributed by atoms with Crippen molar-refractivity contribution < 1.29 is 0 Å². The molecule has 0 radical (unpaired) electrons. The Morgan fingerprint density at radius 1 is 1.27 bits per heavy atom. The van der Waals surface area contributed by atoms with Gasteiger partial charge in [-0.2, -0.15) is 10.5 Å². The minimum atomic E-state index is 0.0175.